The Morgan fingerprint density at radius 3 is 2.75 bits per heavy atom. The van der Waals surface area contributed by atoms with Crippen LogP contribution in [0.3, 0.4) is 0 Å². The molecule has 4 heteroatoms. The van der Waals surface area contributed by atoms with Crippen LogP contribution in [-0.2, 0) is 10.8 Å². The zero-order valence-corrected chi connectivity index (χ0v) is 11.2. The van der Waals surface area contributed by atoms with Gasteiger partial charge in [0.05, 0.1) is 0 Å². The first-order valence-corrected chi connectivity index (χ1v) is 7.20. The number of nitrogens with zero attached hydrogens (tertiary/aromatic N) is 1. The van der Waals surface area contributed by atoms with Gasteiger partial charge < -0.3 is 5.32 Å². The van der Waals surface area contributed by atoms with Gasteiger partial charge in [-0.3, -0.25) is 9.19 Å². The third kappa shape index (κ3) is 4.02. The van der Waals surface area contributed by atoms with Crippen molar-refractivity contribution in [3.63, 3.8) is 0 Å². The minimum absolute atomic E-state index is 0.243. The minimum atomic E-state index is -0.752. The largest absolute Gasteiger partial charge is 0.307 e. The molecule has 0 aliphatic carbocycles. The SMILES string of the molecule is Cc1ccncc1C(C)NC(C)CS(C)=O. The lowest BCUT2D eigenvalue weighted by molar-refractivity contribution is 0.505. The van der Waals surface area contributed by atoms with Gasteiger partial charge in [0.15, 0.2) is 0 Å². The van der Waals surface area contributed by atoms with Crippen molar-refractivity contribution in [1.29, 1.82) is 0 Å². The highest BCUT2D eigenvalue weighted by molar-refractivity contribution is 7.84. The molecule has 1 heterocycles. The Balaban J connectivity index is 2.62. The minimum Gasteiger partial charge on any atom is -0.307 e. The Morgan fingerprint density at radius 2 is 2.19 bits per heavy atom. The average molecular weight is 240 g/mol. The second kappa shape index (κ2) is 6.11. The summed E-state index contributed by atoms with van der Waals surface area (Å²) in [5, 5.41) is 3.44. The van der Waals surface area contributed by atoms with Crippen LogP contribution in [-0.4, -0.2) is 27.2 Å². The van der Waals surface area contributed by atoms with Crippen LogP contribution in [0.25, 0.3) is 0 Å². The van der Waals surface area contributed by atoms with Gasteiger partial charge in [-0.05, 0) is 38.0 Å². The first kappa shape index (κ1) is 13.3. The number of hydrogen-bond donors (Lipinski definition) is 1. The predicted molar refractivity (Wildman–Crippen MR) is 68.9 cm³/mol. The van der Waals surface area contributed by atoms with E-state index in [4.69, 9.17) is 0 Å². The monoisotopic (exact) mass is 240 g/mol. The van der Waals surface area contributed by atoms with Crippen molar-refractivity contribution >= 4 is 10.8 Å². The smallest absolute Gasteiger partial charge is 0.0383 e. The highest BCUT2D eigenvalue weighted by Gasteiger charge is 2.12. The molecule has 0 saturated heterocycles. The summed E-state index contributed by atoms with van der Waals surface area (Å²) in [6.45, 7) is 6.25. The zero-order chi connectivity index (χ0) is 12.1. The molecular weight excluding hydrogens is 220 g/mol. The van der Waals surface area contributed by atoms with Crippen molar-refractivity contribution in [1.82, 2.24) is 10.3 Å². The molecular formula is C12H20N2OS. The van der Waals surface area contributed by atoms with Crippen molar-refractivity contribution in [2.45, 2.75) is 32.9 Å². The second-order valence-electron chi connectivity index (χ2n) is 4.26. The molecule has 0 saturated carbocycles. The highest BCUT2D eigenvalue weighted by atomic mass is 32.2. The van der Waals surface area contributed by atoms with E-state index >= 15 is 0 Å². The van der Waals surface area contributed by atoms with Crippen LogP contribution in [0.4, 0.5) is 0 Å². The maximum absolute atomic E-state index is 11.1. The Kier molecular flexibility index (Phi) is 5.09. The molecule has 0 aromatic carbocycles. The van der Waals surface area contributed by atoms with Crippen molar-refractivity contribution < 1.29 is 4.21 Å². The van der Waals surface area contributed by atoms with Gasteiger partial charge in [0.25, 0.3) is 0 Å². The number of pyridine rings is 1. The molecule has 16 heavy (non-hydrogen) atoms. The van der Waals surface area contributed by atoms with Crippen LogP contribution < -0.4 is 5.32 Å². The summed E-state index contributed by atoms with van der Waals surface area (Å²) in [6, 6.07) is 2.50. The summed E-state index contributed by atoms with van der Waals surface area (Å²) in [5.41, 5.74) is 2.44. The summed E-state index contributed by atoms with van der Waals surface area (Å²) in [6.07, 6.45) is 5.43. The standard InChI is InChI=1S/C12H20N2OS/c1-9-5-6-13-7-12(9)11(3)14-10(2)8-16(4)15/h5-7,10-11,14H,8H2,1-4H3. The Hall–Kier alpha value is -0.740. The molecule has 0 spiro atoms. The first-order chi connectivity index (χ1) is 7.50. The summed E-state index contributed by atoms with van der Waals surface area (Å²) in [5.74, 6) is 0.684. The van der Waals surface area contributed by atoms with Gasteiger partial charge >= 0.3 is 0 Å². The third-order valence-corrected chi connectivity index (χ3v) is 3.53. The van der Waals surface area contributed by atoms with E-state index in [0.717, 1.165) is 0 Å². The van der Waals surface area contributed by atoms with Gasteiger partial charge in [0.2, 0.25) is 0 Å². The molecule has 1 aromatic heterocycles. The molecule has 0 aliphatic heterocycles. The van der Waals surface area contributed by atoms with Crippen LogP contribution in [0, 0.1) is 6.92 Å². The van der Waals surface area contributed by atoms with Crippen molar-refractivity contribution in [2.24, 2.45) is 0 Å². The number of hydrogen-bond acceptors (Lipinski definition) is 3. The Bertz CT molecular complexity index is 368. The van der Waals surface area contributed by atoms with E-state index in [1.807, 2.05) is 12.3 Å². The maximum atomic E-state index is 11.1. The van der Waals surface area contributed by atoms with Gasteiger partial charge in [-0.2, -0.15) is 0 Å². The lowest BCUT2D eigenvalue weighted by Gasteiger charge is -2.20. The Labute approximate surface area is 100 Å². The molecule has 0 radical (unpaired) electrons. The van der Waals surface area contributed by atoms with E-state index in [2.05, 4.69) is 31.1 Å². The first-order valence-electron chi connectivity index (χ1n) is 5.47. The predicted octanol–water partition coefficient (Wildman–Crippen LogP) is 1.81. The maximum Gasteiger partial charge on any atom is 0.0383 e. The Morgan fingerprint density at radius 1 is 1.50 bits per heavy atom. The van der Waals surface area contributed by atoms with E-state index in [1.54, 1.807) is 12.5 Å². The van der Waals surface area contributed by atoms with Crippen LogP contribution >= 0.6 is 0 Å². The summed E-state index contributed by atoms with van der Waals surface area (Å²) < 4.78 is 11.1. The fourth-order valence-electron chi connectivity index (χ4n) is 1.85. The highest BCUT2D eigenvalue weighted by Crippen LogP contribution is 2.15. The third-order valence-electron chi connectivity index (χ3n) is 2.57. The lowest BCUT2D eigenvalue weighted by Crippen LogP contribution is -2.33. The van der Waals surface area contributed by atoms with Gasteiger partial charge in [-0.15, -0.1) is 0 Å². The average Bonchev–Trinajstić information content (AvgIpc) is 2.16. The molecule has 0 amide bonds. The molecule has 90 valence electrons. The number of rotatable bonds is 5. The normalized spacial score (nSPS) is 16.8. The summed E-state index contributed by atoms with van der Waals surface area (Å²) in [7, 11) is -0.752. The van der Waals surface area contributed by atoms with Crippen LogP contribution in [0.1, 0.15) is 31.0 Å². The molecule has 3 atom stereocenters. The van der Waals surface area contributed by atoms with Crippen molar-refractivity contribution in [2.75, 3.05) is 12.0 Å². The van der Waals surface area contributed by atoms with Crippen molar-refractivity contribution in [3.8, 4) is 0 Å². The van der Waals surface area contributed by atoms with Crippen LogP contribution in [0.5, 0.6) is 0 Å². The van der Waals surface area contributed by atoms with E-state index in [1.165, 1.54) is 11.1 Å². The quantitative estimate of drug-likeness (QED) is 0.853. The van der Waals surface area contributed by atoms with E-state index < -0.39 is 10.8 Å². The topological polar surface area (TPSA) is 42.0 Å². The van der Waals surface area contributed by atoms with Crippen molar-refractivity contribution in [3.05, 3.63) is 29.6 Å². The molecule has 0 fully saturated rings. The van der Waals surface area contributed by atoms with Gasteiger partial charge in [0, 0.05) is 47.3 Å². The van der Waals surface area contributed by atoms with Gasteiger partial charge in [0.1, 0.15) is 0 Å². The van der Waals surface area contributed by atoms with Gasteiger partial charge in [-0.25, -0.2) is 0 Å². The molecule has 1 rings (SSSR count). The molecule has 1 N–H and O–H groups in total. The van der Waals surface area contributed by atoms with E-state index in [9.17, 15) is 4.21 Å². The fraction of sp³-hybridized carbons (Fsp3) is 0.583. The van der Waals surface area contributed by atoms with E-state index in [0.29, 0.717) is 5.75 Å². The molecule has 3 unspecified atom stereocenters. The number of aromatic nitrogens is 1. The molecule has 3 nitrogen and oxygen atoms in total. The fourth-order valence-corrected chi connectivity index (χ4v) is 2.65. The van der Waals surface area contributed by atoms with E-state index in [-0.39, 0.29) is 12.1 Å². The number of aryl methyl sites for hydroxylation is 1. The van der Waals surface area contributed by atoms with Gasteiger partial charge in [-0.1, -0.05) is 0 Å². The summed E-state index contributed by atoms with van der Waals surface area (Å²) >= 11 is 0. The number of nitrogens with one attached hydrogen (secondary N) is 1. The van der Waals surface area contributed by atoms with Crippen LogP contribution in [0.15, 0.2) is 18.5 Å². The molecule has 1 aromatic rings. The second-order valence-corrected chi connectivity index (χ2v) is 5.74. The zero-order valence-electron chi connectivity index (χ0n) is 10.4. The lowest BCUT2D eigenvalue weighted by atomic mass is 10.1. The summed E-state index contributed by atoms with van der Waals surface area (Å²) in [4.78, 5) is 4.13. The molecule has 0 aliphatic rings. The van der Waals surface area contributed by atoms with Crippen LogP contribution in [0.2, 0.25) is 0 Å². The molecule has 0 bridgehead atoms.